The second-order valence-corrected chi connectivity index (χ2v) is 8.97. The Hall–Kier alpha value is -3.56. The van der Waals surface area contributed by atoms with E-state index in [2.05, 4.69) is 20.1 Å². The van der Waals surface area contributed by atoms with Crippen LogP contribution in [0.3, 0.4) is 0 Å². The molecule has 1 aliphatic carbocycles. The maximum absolute atomic E-state index is 14.2. The third-order valence-electron chi connectivity index (χ3n) is 6.62. The van der Waals surface area contributed by atoms with Crippen molar-refractivity contribution in [2.24, 2.45) is 5.41 Å². The minimum Gasteiger partial charge on any atom is -0.367 e. The summed E-state index contributed by atoms with van der Waals surface area (Å²) in [7, 11) is 0. The zero-order chi connectivity index (χ0) is 23.2. The summed E-state index contributed by atoms with van der Waals surface area (Å²) in [5.41, 5.74) is 1.46. The highest BCUT2D eigenvalue weighted by atomic mass is 19.1. The molecule has 1 amide bonds. The zero-order valence-corrected chi connectivity index (χ0v) is 18.6. The zero-order valence-electron chi connectivity index (χ0n) is 18.6. The van der Waals surface area contributed by atoms with Gasteiger partial charge in [-0.15, -0.1) is 0 Å². The van der Waals surface area contributed by atoms with Crippen LogP contribution in [0.5, 0.6) is 0 Å². The molecule has 10 heteroatoms. The number of aromatic nitrogens is 4. The van der Waals surface area contributed by atoms with Gasteiger partial charge in [-0.2, -0.15) is 5.10 Å². The van der Waals surface area contributed by atoms with Crippen LogP contribution < -0.4 is 10.5 Å². The Labute approximate surface area is 189 Å². The predicted molar refractivity (Wildman–Crippen MR) is 118 cm³/mol. The Kier molecular flexibility index (Phi) is 5.22. The van der Waals surface area contributed by atoms with Gasteiger partial charge in [0.1, 0.15) is 11.5 Å². The van der Waals surface area contributed by atoms with Crippen molar-refractivity contribution in [2.45, 2.75) is 33.2 Å². The molecule has 0 atom stereocenters. The van der Waals surface area contributed by atoms with Crippen LogP contribution in [0.2, 0.25) is 0 Å². The van der Waals surface area contributed by atoms with Gasteiger partial charge in [0.15, 0.2) is 5.82 Å². The number of nitrogens with zero attached hydrogens (tertiary/aromatic N) is 6. The molecular weight excluding hydrogens is 427 g/mol. The fourth-order valence-corrected chi connectivity index (χ4v) is 4.17. The Morgan fingerprint density at radius 3 is 2.64 bits per heavy atom. The fraction of sp³-hybridized carbons (Fsp3) is 0.435. The van der Waals surface area contributed by atoms with E-state index in [4.69, 9.17) is 4.52 Å². The first-order valence-electron chi connectivity index (χ1n) is 11.0. The highest BCUT2D eigenvalue weighted by Gasteiger charge is 2.47. The minimum absolute atomic E-state index is 0.104. The molecular formula is C23H25FN6O3. The summed E-state index contributed by atoms with van der Waals surface area (Å²) in [4.78, 5) is 33.1. The molecule has 2 aliphatic rings. The van der Waals surface area contributed by atoms with Gasteiger partial charge in [0.25, 0.3) is 5.56 Å². The number of amides is 1. The first-order chi connectivity index (χ1) is 15.9. The molecule has 0 bridgehead atoms. The van der Waals surface area contributed by atoms with Crippen molar-refractivity contribution in [1.82, 2.24) is 24.8 Å². The van der Waals surface area contributed by atoms with Crippen LogP contribution >= 0.6 is 0 Å². The summed E-state index contributed by atoms with van der Waals surface area (Å²) < 4.78 is 20.8. The van der Waals surface area contributed by atoms with Gasteiger partial charge >= 0.3 is 0 Å². The molecule has 5 rings (SSSR count). The number of rotatable bonds is 5. The number of hydrogen-bond acceptors (Lipinski definition) is 7. The van der Waals surface area contributed by atoms with E-state index in [9.17, 15) is 14.0 Å². The molecule has 3 aromatic rings. The summed E-state index contributed by atoms with van der Waals surface area (Å²) in [5.74, 6) is 0.210. The molecule has 0 spiro atoms. The largest absolute Gasteiger partial charge is 0.367 e. The predicted octanol–water partition coefficient (Wildman–Crippen LogP) is 2.24. The van der Waals surface area contributed by atoms with Gasteiger partial charge in [0, 0.05) is 55.0 Å². The molecule has 9 nitrogen and oxygen atoms in total. The quantitative estimate of drug-likeness (QED) is 0.586. The third-order valence-corrected chi connectivity index (χ3v) is 6.62. The van der Waals surface area contributed by atoms with Crippen LogP contribution in [0.1, 0.15) is 31.1 Å². The van der Waals surface area contributed by atoms with E-state index >= 15 is 0 Å². The highest BCUT2D eigenvalue weighted by Crippen LogP contribution is 2.46. The molecule has 0 aromatic carbocycles. The monoisotopic (exact) mass is 452 g/mol. The van der Waals surface area contributed by atoms with E-state index in [1.807, 2.05) is 11.8 Å². The maximum atomic E-state index is 14.2. The Bertz CT molecular complexity index is 1260. The molecule has 2 fully saturated rings. The summed E-state index contributed by atoms with van der Waals surface area (Å²) in [5, 5.41) is 8.32. The van der Waals surface area contributed by atoms with Crippen LogP contribution in [0.15, 0.2) is 40.0 Å². The van der Waals surface area contributed by atoms with E-state index in [1.165, 1.54) is 16.9 Å². The lowest BCUT2D eigenvalue weighted by molar-refractivity contribution is -0.136. The lowest BCUT2D eigenvalue weighted by Gasteiger charge is -2.37. The lowest BCUT2D eigenvalue weighted by atomic mass is 10.1. The summed E-state index contributed by atoms with van der Waals surface area (Å²) >= 11 is 0. The van der Waals surface area contributed by atoms with Gasteiger partial charge in [-0.3, -0.25) is 14.6 Å². The van der Waals surface area contributed by atoms with Crippen molar-refractivity contribution in [3.63, 3.8) is 0 Å². The van der Waals surface area contributed by atoms with Crippen molar-refractivity contribution in [3.05, 3.63) is 58.2 Å². The molecule has 0 radical (unpaired) electrons. The SMILES string of the molecule is Cc1onc(-c2ccncc2F)c1Cn1ncc(N2CCN(C(=O)C3(C)CC3)CC2)cc1=O. The second-order valence-electron chi connectivity index (χ2n) is 8.97. The molecule has 1 aliphatic heterocycles. The smallest absolute Gasteiger partial charge is 0.269 e. The van der Waals surface area contributed by atoms with E-state index in [1.54, 1.807) is 19.2 Å². The third kappa shape index (κ3) is 4.01. The van der Waals surface area contributed by atoms with E-state index in [-0.39, 0.29) is 29.0 Å². The number of carbonyl (C=O) groups excluding carboxylic acids is 1. The van der Waals surface area contributed by atoms with E-state index in [0.29, 0.717) is 43.2 Å². The van der Waals surface area contributed by atoms with Crippen LogP contribution in [-0.4, -0.2) is 56.9 Å². The highest BCUT2D eigenvalue weighted by molar-refractivity contribution is 5.85. The lowest BCUT2D eigenvalue weighted by Crippen LogP contribution is -2.50. The van der Waals surface area contributed by atoms with E-state index < -0.39 is 5.82 Å². The summed E-state index contributed by atoms with van der Waals surface area (Å²) in [6.07, 6.45) is 6.17. The number of carbonyl (C=O) groups is 1. The van der Waals surface area contributed by atoms with Crippen molar-refractivity contribution >= 4 is 11.6 Å². The second kappa shape index (κ2) is 8.09. The molecule has 0 N–H and O–H groups in total. The standard InChI is InChI=1S/C23H25FN6O3/c1-15-18(21(27-33-15)17-3-6-25-13-19(17)24)14-30-20(31)11-16(12-26-30)28-7-9-29(10-8-28)22(32)23(2)4-5-23/h3,6,11-13H,4-5,7-10,14H2,1-2H3. The maximum Gasteiger partial charge on any atom is 0.269 e. The average molecular weight is 452 g/mol. The number of anilines is 1. The van der Waals surface area contributed by atoms with Gasteiger partial charge in [-0.25, -0.2) is 9.07 Å². The summed E-state index contributed by atoms with van der Waals surface area (Å²) in [6.45, 7) is 6.43. The fourth-order valence-electron chi connectivity index (χ4n) is 4.17. The Morgan fingerprint density at radius 2 is 1.97 bits per heavy atom. The molecule has 33 heavy (non-hydrogen) atoms. The van der Waals surface area contributed by atoms with Crippen LogP contribution in [0, 0.1) is 18.2 Å². The van der Waals surface area contributed by atoms with Crippen molar-refractivity contribution in [3.8, 4) is 11.3 Å². The van der Waals surface area contributed by atoms with E-state index in [0.717, 1.165) is 24.7 Å². The molecule has 3 aromatic heterocycles. The number of halogens is 1. The van der Waals surface area contributed by atoms with Gasteiger partial charge in [-0.05, 0) is 25.8 Å². The van der Waals surface area contributed by atoms with Crippen LogP contribution in [0.25, 0.3) is 11.3 Å². The number of hydrogen-bond donors (Lipinski definition) is 0. The normalized spacial score (nSPS) is 17.3. The molecule has 1 saturated carbocycles. The first kappa shape index (κ1) is 21.3. The Balaban J connectivity index is 1.31. The molecule has 4 heterocycles. The molecule has 172 valence electrons. The van der Waals surface area contributed by atoms with Crippen molar-refractivity contribution < 1.29 is 13.7 Å². The first-order valence-corrected chi connectivity index (χ1v) is 11.0. The van der Waals surface area contributed by atoms with Crippen LogP contribution in [0.4, 0.5) is 10.1 Å². The number of aryl methyl sites for hydroxylation is 1. The molecule has 1 saturated heterocycles. The average Bonchev–Trinajstić information content (AvgIpc) is 3.48. The van der Waals surface area contributed by atoms with Gasteiger partial charge in [0.05, 0.1) is 24.6 Å². The van der Waals surface area contributed by atoms with Crippen molar-refractivity contribution in [1.29, 1.82) is 0 Å². The van der Waals surface area contributed by atoms with Gasteiger partial charge < -0.3 is 14.3 Å². The number of piperazine rings is 1. The van der Waals surface area contributed by atoms with Crippen molar-refractivity contribution in [2.75, 3.05) is 31.1 Å². The van der Waals surface area contributed by atoms with Gasteiger partial charge in [-0.1, -0.05) is 12.1 Å². The van der Waals surface area contributed by atoms with Gasteiger partial charge in [0.2, 0.25) is 5.91 Å². The van der Waals surface area contributed by atoms with Crippen LogP contribution in [-0.2, 0) is 11.3 Å². The number of pyridine rings is 1. The topological polar surface area (TPSA) is 97.4 Å². The minimum atomic E-state index is -0.518. The summed E-state index contributed by atoms with van der Waals surface area (Å²) in [6, 6.07) is 3.06. The Morgan fingerprint density at radius 1 is 1.21 bits per heavy atom. The molecule has 0 unspecified atom stereocenters.